The number of Topliss-reactive ketones (excluding diaryl/α,β-unsaturated/α-hetero) is 1. The Kier molecular flexibility index (Phi) is 6.25. The second kappa shape index (κ2) is 8.90. The maximum atomic E-state index is 15.1. The molecule has 0 spiro atoms. The highest BCUT2D eigenvalue weighted by Crippen LogP contribution is 2.50. The summed E-state index contributed by atoms with van der Waals surface area (Å²) in [6, 6.07) is 4.09. The molecule has 1 saturated carbocycles. The first-order valence-electron chi connectivity index (χ1n) is 11.5. The fourth-order valence-corrected chi connectivity index (χ4v) is 4.74. The zero-order chi connectivity index (χ0) is 25.7. The normalized spacial score (nSPS) is 15.4. The third-order valence-corrected chi connectivity index (χ3v) is 6.45. The van der Waals surface area contributed by atoms with Crippen molar-refractivity contribution in [2.24, 2.45) is 11.1 Å². The van der Waals surface area contributed by atoms with Gasteiger partial charge in [0.2, 0.25) is 0 Å². The molecule has 4 rings (SSSR count). The van der Waals surface area contributed by atoms with Gasteiger partial charge in [0.1, 0.15) is 28.6 Å². The number of aromatic nitrogens is 3. The number of halogens is 2. The number of nitrogen functional groups attached to an aromatic ring is 1. The largest absolute Gasteiger partial charge is 0.383 e. The second-order valence-corrected chi connectivity index (χ2v) is 10.3. The van der Waals surface area contributed by atoms with E-state index in [1.165, 1.54) is 16.8 Å². The lowest BCUT2D eigenvalue weighted by molar-refractivity contribution is -0.118. The van der Waals surface area contributed by atoms with Gasteiger partial charge < -0.3 is 16.0 Å². The van der Waals surface area contributed by atoms with E-state index in [9.17, 15) is 14.0 Å². The molecule has 0 unspecified atom stereocenters. The molecule has 0 atom stereocenters. The first-order chi connectivity index (χ1) is 16.4. The molecule has 1 aliphatic carbocycles. The number of hydrogen-bond donors (Lipinski definition) is 2. The van der Waals surface area contributed by atoms with Gasteiger partial charge in [0.05, 0.1) is 12.1 Å². The van der Waals surface area contributed by atoms with Gasteiger partial charge >= 0.3 is 0 Å². The minimum absolute atomic E-state index is 0.0292. The summed E-state index contributed by atoms with van der Waals surface area (Å²) >= 11 is 0. The number of rotatable bonds is 8. The molecule has 0 radical (unpaired) electrons. The van der Waals surface area contributed by atoms with Crippen LogP contribution in [0.3, 0.4) is 0 Å². The zero-order valence-electron chi connectivity index (χ0n) is 20.2. The smallest absolute Gasteiger partial charge is 0.254 e. The summed E-state index contributed by atoms with van der Waals surface area (Å²) < 4.78 is 36.6. The monoisotopic (exact) mass is 485 g/mol. The topological polar surface area (TPSA) is 130 Å². The Morgan fingerprint density at radius 1 is 1.20 bits per heavy atom. The van der Waals surface area contributed by atoms with Crippen molar-refractivity contribution in [3.63, 3.8) is 0 Å². The average Bonchev–Trinajstić information content (AvgIpc) is 3.34. The Balaban J connectivity index is 1.52. The molecule has 8 nitrogen and oxygen atoms in total. The Bertz CT molecular complexity index is 1300. The van der Waals surface area contributed by atoms with Gasteiger partial charge in [0, 0.05) is 30.0 Å². The third-order valence-electron chi connectivity index (χ3n) is 6.45. The Morgan fingerprint density at radius 2 is 1.89 bits per heavy atom. The lowest BCUT2D eigenvalue weighted by atomic mass is 9.63. The number of carbonyl (C=O) groups excluding carboxylic acids is 2. The number of hydrogen-bond acceptors (Lipinski definition) is 6. The van der Waals surface area contributed by atoms with Crippen LogP contribution in [0.1, 0.15) is 79.9 Å². The van der Waals surface area contributed by atoms with E-state index >= 15 is 4.39 Å². The summed E-state index contributed by atoms with van der Waals surface area (Å²) in [6.07, 6.45) is 1.60. The maximum absolute atomic E-state index is 15.1. The van der Waals surface area contributed by atoms with Gasteiger partial charge in [-0.1, -0.05) is 25.1 Å². The minimum atomic E-state index is -1.24. The SMILES string of the molecule is CC(C)n1nc(-c2ccc(CC(=O)Cc3cc(C4CC(C)(C)C4)no3)c(F)c2F)c(C(N)=O)c1N. The van der Waals surface area contributed by atoms with Crippen molar-refractivity contribution in [2.45, 2.75) is 65.3 Å². The van der Waals surface area contributed by atoms with Crippen molar-refractivity contribution in [3.8, 4) is 11.3 Å². The Hall–Kier alpha value is -3.56. The number of primary amides is 1. The van der Waals surface area contributed by atoms with Crippen molar-refractivity contribution < 1.29 is 22.9 Å². The van der Waals surface area contributed by atoms with Crippen LogP contribution in [0, 0.1) is 17.0 Å². The highest BCUT2D eigenvalue weighted by molar-refractivity contribution is 6.03. The van der Waals surface area contributed by atoms with Crippen molar-refractivity contribution >= 4 is 17.5 Å². The average molecular weight is 486 g/mol. The van der Waals surface area contributed by atoms with E-state index in [0.717, 1.165) is 18.5 Å². The molecule has 4 N–H and O–H groups in total. The Labute approximate surface area is 201 Å². The van der Waals surface area contributed by atoms with Crippen molar-refractivity contribution in [1.82, 2.24) is 14.9 Å². The maximum Gasteiger partial charge on any atom is 0.254 e. The molecule has 186 valence electrons. The molecule has 1 amide bonds. The van der Waals surface area contributed by atoms with Gasteiger partial charge in [0.25, 0.3) is 5.91 Å². The summed E-state index contributed by atoms with van der Waals surface area (Å²) in [4.78, 5) is 24.5. The quantitative estimate of drug-likeness (QED) is 0.488. The number of nitrogens with zero attached hydrogens (tertiary/aromatic N) is 3. The fourth-order valence-electron chi connectivity index (χ4n) is 4.74. The standard InChI is InChI=1S/C25H29F2N5O3/c1-12(2)32-23(28)19(24(29)34)22(30-32)17-6-5-13(20(26)21(17)27)7-15(33)8-16-9-18(31-35-16)14-10-25(3,4)11-14/h5-6,9,12,14H,7-8,10-11,28H2,1-4H3,(H2,29,34). The molecule has 1 aromatic carbocycles. The number of amides is 1. The molecule has 2 aromatic heterocycles. The van der Waals surface area contributed by atoms with Crippen LogP contribution in [0.15, 0.2) is 22.7 Å². The predicted molar refractivity (Wildman–Crippen MR) is 126 cm³/mol. The fraction of sp³-hybridized carbons (Fsp3) is 0.440. The third kappa shape index (κ3) is 4.69. The first-order valence-corrected chi connectivity index (χ1v) is 11.5. The minimum Gasteiger partial charge on any atom is -0.383 e. The molecule has 0 saturated heterocycles. The molecule has 10 heteroatoms. The van der Waals surface area contributed by atoms with Crippen LogP contribution in [0.5, 0.6) is 0 Å². The highest BCUT2D eigenvalue weighted by Gasteiger charge is 2.38. The molecular formula is C25H29F2N5O3. The summed E-state index contributed by atoms with van der Waals surface area (Å²) in [6.45, 7) is 7.92. The van der Waals surface area contributed by atoms with E-state index in [-0.39, 0.29) is 58.3 Å². The van der Waals surface area contributed by atoms with E-state index in [1.807, 2.05) is 0 Å². The van der Waals surface area contributed by atoms with E-state index in [1.54, 1.807) is 19.9 Å². The van der Waals surface area contributed by atoms with Crippen LogP contribution in [0.2, 0.25) is 0 Å². The number of anilines is 1. The van der Waals surface area contributed by atoms with Gasteiger partial charge in [-0.2, -0.15) is 5.10 Å². The van der Waals surface area contributed by atoms with E-state index < -0.39 is 17.5 Å². The zero-order valence-corrected chi connectivity index (χ0v) is 20.2. The lowest BCUT2D eigenvalue weighted by Crippen LogP contribution is -2.29. The number of benzene rings is 1. The van der Waals surface area contributed by atoms with Crippen molar-refractivity contribution in [2.75, 3.05) is 5.73 Å². The summed E-state index contributed by atoms with van der Waals surface area (Å²) in [7, 11) is 0. The highest BCUT2D eigenvalue weighted by atomic mass is 19.2. The second-order valence-electron chi connectivity index (χ2n) is 10.3. The number of carbonyl (C=O) groups is 2. The number of ketones is 1. The van der Waals surface area contributed by atoms with Crippen LogP contribution < -0.4 is 11.5 Å². The van der Waals surface area contributed by atoms with Gasteiger partial charge in [-0.25, -0.2) is 13.5 Å². The predicted octanol–water partition coefficient (Wildman–Crippen LogP) is 4.34. The number of nitrogens with two attached hydrogens (primary N) is 2. The van der Waals surface area contributed by atoms with Crippen LogP contribution in [0.4, 0.5) is 14.6 Å². The lowest BCUT2D eigenvalue weighted by Gasteiger charge is -2.41. The van der Waals surface area contributed by atoms with Gasteiger partial charge in [0.15, 0.2) is 11.6 Å². The van der Waals surface area contributed by atoms with Crippen LogP contribution in [-0.4, -0.2) is 26.6 Å². The summed E-state index contributed by atoms with van der Waals surface area (Å²) in [5.41, 5.74) is 11.8. The van der Waals surface area contributed by atoms with Crippen molar-refractivity contribution in [1.29, 1.82) is 0 Å². The van der Waals surface area contributed by atoms with Crippen LogP contribution in [-0.2, 0) is 17.6 Å². The van der Waals surface area contributed by atoms with Gasteiger partial charge in [-0.3, -0.25) is 9.59 Å². The molecule has 1 aliphatic rings. The summed E-state index contributed by atoms with van der Waals surface area (Å²) in [5, 5.41) is 8.25. The van der Waals surface area contributed by atoms with E-state index in [0.29, 0.717) is 11.7 Å². The van der Waals surface area contributed by atoms with E-state index in [4.69, 9.17) is 16.0 Å². The Morgan fingerprint density at radius 3 is 2.49 bits per heavy atom. The molecule has 2 heterocycles. The molecular weight excluding hydrogens is 456 g/mol. The van der Waals surface area contributed by atoms with Crippen LogP contribution in [0.25, 0.3) is 11.3 Å². The molecule has 3 aromatic rings. The first kappa shape index (κ1) is 24.6. The van der Waals surface area contributed by atoms with Crippen molar-refractivity contribution in [3.05, 3.63) is 52.4 Å². The molecule has 35 heavy (non-hydrogen) atoms. The van der Waals surface area contributed by atoms with E-state index in [2.05, 4.69) is 24.1 Å². The van der Waals surface area contributed by atoms with Crippen LogP contribution >= 0.6 is 0 Å². The molecule has 1 fully saturated rings. The van der Waals surface area contributed by atoms with Gasteiger partial charge in [-0.05, 0) is 43.7 Å². The summed E-state index contributed by atoms with van der Waals surface area (Å²) in [5.74, 6) is -3.00. The van der Waals surface area contributed by atoms with Gasteiger partial charge in [-0.15, -0.1) is 0 Å². The molecule has 0 aliphatic heterocycles. The molecule has 0 bridgehead atoms.